The van der Waals surface area contributed by atoms with E-state index in [1.807, 2.05) is 24.3 Å². The van der Waals surface area contributed by atoms with Crippen molar-refractivity contribution >= 4 is 30.2 Å². The van der Waals surface area contributed by atoms with Gasteiger partial charge in [-0.25, -0.2) is 9.59 Å². The van der Waals surface area contributed by atoms with Gasteiger partial charge < -0.3 is 26.2 Å². The molecule has 0 aliphatic carbocycles. The number of piperazine rings is 1. The van der Waals surface area contributed by atoms with E-state index in [9.17, 15) is 14.4 Å². The van der Waals surface area contributed by atoms with Crippen molar-refractivity contribution in [2.75, 3.05) is 51.1 Å². The van der Waals surface area contributed by atoms with Crippen molar-refractivity contribution in [2.24, 2.45) is 11.5 Å². The lowest BCUT2D eigenvalue weighted by Gasteiger charge is -2.37. The zero-order valence-electron chi connectivity index (χ0n) is 23.6. The molecule has 1 aromatic carbocycles. The highest BCUT2D eigenvalue weighted by Crippen LogP contribution is 2.14. The van der Waals surface area contributed by atoms with Crippen molar-refractivity contribution in [1.29, 1.82) is 0 Å². The number of nitrogens with one attached hydrogen (secondary N) is 1. The van der Waals surface area contributed by atoms with Crippen LogP contribution in [0.3, 0.4) is 0 Å². The number of rotatable bonds is 7. The van der Waals surface area contributed by atoms with E-state index in [-0.39, 0.29) is 30.2 Å². The highest BCUT2D eigenvalue weighted by Gasteiger charge is 2.31. The largest absolute Gasteiger partial charge is 0.354 e. The van der Waals surface area contributed by atoms with Gasteiger partial charge in [0.15, 0.2) is 0 Å². The normalized spacial score (nSPS) is 18.6. The summed E-state index contributed by atoms with van der Waals surface area (Å²) >= 11 is 0. The summed E-state index contributed by atoms with van der Waals surface area (Å²) in [5.74, 6) is 0.0493. The summed E-state index contributed by atoms with van der Waals surface area (Å²) in [6, 6.07) is 9.53. The van der Waals surface area contributed by atoms with Crippen molar-refractivity contribution in [3.8, 4) is 5.69 Å². The Bertz CT molecular complexity index is 1190. The summed E-state index contributed by atoms with van der Waals surface area (Å²) in [7, 11) is 0. The maximum atomic E-state index is 12.7. The SMILES string of the molecule is CC(C)(N)C(=O)N1CCN(C(=O)Nc2ccn(-c3ccc(CCCN4CCCC(N)CC4)cc3)c(=O)n2)CC1.Cl. The van der Waals surface area contributed by atoms with Gasteiger partial charge in [-0.3, -0.25) is 14.7 Å². The predicted molar refractivity (Wildman–Crippen MR) is 159 cm³/mol. The van der Waals surface area contributed by atoms with Gasteiger partial charge in [0.2, 0.25) is 5.91 Å². The first-order valence-electron chi connectivity index (χ1n) is 13.9. The Balaban J connectivity index is 0.00000441. The van der Waals surface area contributed by atoms with Crippen LogP contribution in [-0.2, 0) is 11.2 Å². The van der Waals surface area contributed by atoms with Gasteiger partial charge in [0.1, 0.15) is 5.82 Å². The zero-order chi connectivity index (χ0) is 28.0. The molecule has 11 nitrogen and oxygen atoms in total. The molecule has 12 heteroatoms. The molecule has 1 atom stereocenters. The lowest BCUT2D eigenvalue weighted by Crippen LogP contribution is -2.58. The molecule has 2 aliphatic rings. The van der Waals surface area contributed by atoms with Crippen LogP contribution in [0.5, 0.6) is 0 Å². The van der Waals surface area contributed by atoms with E-state index in [0.717, 1.165) is 51.0 Å². The van der Waals surface area contributed by atoms with Crippen LogP contribution in [0.4, 0.5) is 10.6 Å². The second-order valence-electron chi connectivity index (χ2n) is 11.2. The second kappa shape index (κ2) is 14.1. The van der Waals surface area contributed by atoms with E-state index >= 15 is 0 Å². The van der Waals surface area contributed by atoms with Crippen LogP contribution < -0.4 is 22.5 Å². The van der Waals surface area contributed by atoms with Gasteiger partial charge >= 0.3 is 11.7 Å². The summed E-state index contributed by atoms with van der Waals surface area (Å²) in [6.45, 7) is 8.20. The Labute approximate surface area is 242 Å². The molecule has 0 saturated carbocycles. The van der Waals surface area contributed by atoms with Crippen molar-refractivity contribution < 1.29 is 9.59 Å². The number of carbonyl (C=O) groups is 2. The molecule has 0 radical (unpaired) electrons. The highest BCUT2D eigenvalue weighted by atomic mass is 35.5. The number of nitrogens with two attached hydrogens (primary N) is 2. The number of carbonyl (C=O) groups excluding carboxylic acids is 2. The smallest absolute Gasteiger partial charge is 0.338 e. The van der Waals surface area contributed by atoms with E-state index in [4.69, 9.17) is 11.5 Å². The van der Waals surface area contributed by atoms with Crippen LogP contribution in [0.25, 0.3) is 5.69 Å². The summed E-state index contributed by atoms with van der Waals surface area (Å²) < 4.78 is 1.46. The first-order chi connectivity index (χ1) is 18.6. The molecule has 2 aromatic rings. The monoisotopic (exact) mass is 574 g/mol. The lowest BCUT2D eigenvalue weighted by atomic mass is 10.1. The number of hydrogen-bond acceptors (Lipinski definition) is 7. The molecular weight excluding hydrogens is 532 g/mol. The number of amides is 3. The van der Waals surface area contributed by atoms with Crippen LogP contribution in [0.1, 0.15) is 45.1 Å². The number of hydrogen-bond donors (Lipinski definition) is 3. The third-order valence-corrected chi connectivity index (χ3v) is 7.46. The molecule has 1 aromatic heterocycles. The molecule has 40 heavy (non-hydrogen) atoms. The molecule has 2 saturated heterocycles. The molecule has 1 unspecified atom stereocenters. The number of aryl methyl sites for hydroxylation is 1. The Morgan fingerprint density at radius 3 is 2.33 bits per heavy atom. The fourth-order valence-electron chi connectivity index (χ4n) is 5.11. The van der Waals surface area contributed by atoms with E-state index in [1.165, 1.54) is 16.6 Å². The van der Waals surface area contributed by atoms with Gasteiger partial charge in [0.05, 0.1) is 11.2 Å². The van der Waals surface area contributed by atoms with Crippen LogP contribution in [0.2, 0.25) is 0 Å². The molecule has 5 N–H and O–H groups in total. The minimum absolute atomic E-state index is 0. The second-order valence-corrected chi connectivity index (χ2v) is 11.2. The first-order valence-corrected chi connectivity index (χ1v) is 13.9. The topological polar surface area (TPSA) is 143 Å². The fourth-order valence-corrected chi connectivity index (χ4v) is 5.11. The summed E-state index contributed by atoms with van der Waals surface area (Å²) in [4.78, 5) is 47.6. The molecule has 0 spiro atoms. The molecule has 3 amide bonds. The molecule has 0 bridgehead atoms. The molecule has 4 rings (SSSR count). The van der Waals surface area contributed by atoms with Crippen LogP contribution >= 0.6 is 12.4 Å². The maximum absolute atomic E-state index is 12.7. The molecular formula is C28H43ClN8O3. The van der Waals surface area contributed by atoms with Crippen LogP contribution in [0, 0.1) is 0 Å². The fraction of sp³-hybridized carbons (Fsp3) is 0.571. The van der Waals surface area contributed by atoms with Gasteiger partial charge in [0.25, 0.3) is 0 Å². The quantitative estimate of drug-likeness (QED) is 0.457. The van der Waals surface area contributed by atoms with Gasteiger partial charge in [-0.2, -0.15) is 4.98 Å². The summed E-state index contributed by atoms with van der Waals surface area (Å²) in [6.07, 6.45) is 7.05. The average molecular weight is 575 g/mol. The zero-order valence-corrected chi connectivity index (χ0v) is 24.4. The van der Waals surface area contributed by atoms with Crippen LogP contribution in [-0.4, -0.2) is 93.6 Å². The van der Waals surface area contributed by atoms with E-state index in [2.05, 4.69) is 15.2 Å². The minimum Gasteiger partial charge on any atom is -0.338 e. The Morgan fingerprint density at radius 2 is 1.68 bits per heavy atom. The summed E-state index contributed by atoms with van der Waals surface area (Å²) in [5, 5.41) is 2.69. The van der Waals surface area contributed by atoms with Gasteiger partial charge in [-0.15, -0.1) is 12.4 Å². The third-order valence-electron chi connectivity index (χ3n) is 7.46. The van der Waals surface area contributed by atoms with Gasteiger partial charge in [-0.1, -0.05) is 12.1 Å². The Hall–Kier alpha value is -2.99. The lowest BCUT2D eigenvalue weighted by molar-refractivity contribution is -0.137. The Kier molecular flexibility index (Phi) is 11.1. The molecule has 220 valence electrons. The van der Waals surface area contributed by atoms with Crippen molar-refractivity contribution in [3.05, 3.63) is 52.6 Å². The summed E-state index contributed by atoms with van der Waals surface area (Å²) in [5.41, 5.74) is 12.5. The number of benzene rings is 1. The molecule has 3 heterocycles. The van der Waals surface area contributed by atoms with Crippen LogP contribution in [0.15, 0.2) is 41.3 Å². The number of aromatic nitrogens is 2. The van der Waals surface area contributed by atoms with E-state index in [0.29, 0.717) is 32.2 Å². The van der Waals surface area contributed by atoms with E-state index < -0.39 is 11.2 Å². The third kappa shape index (κ3) is 8.50. The molecule has 2 aliphatic heterocycles. The number of halogens is 1. The predicted octanol–water partition coefficient (Wildman–Crippen LogP) is 1.81. The minimum atomic E-state index is -0.944. The average Bonchev–Trinajstić information content (AvgIpc) is 3.12. The number of nitrogens with zero attached hydrogens (tertiary/aromatic N) is 5. The highest BCUT2D eigenvalue weighted by molar-refractivity contribution is 5.89. The number of urea groups is 1. The Morgan fingerprint density at radius 1 is 1.00 bits per heavy atom. The van der Waals surface area contributed by atoms with Crippen molar-refractivity contribution in [1.82, 2.24) is 24.3 Å². The van der Waals surface area contributed by atoms with Crippen molar-refractivity contribution in [2.45, 2.75) is 57.5 Å². The van der Waals surface area contributed by atoms with Gasteiger partial charge in [0, 0.05) is 38.4 Å². The molecule has 2 fully saturated rings. The standard InChI is InChI=1S/C28H42N8O3.ClH/c1-28(2,30)25(37)34-17-19-35(20-18-34)26(38)31-24-12-16-36(27(39)32-24)23-9-7-21(8-10-23)5-3-13-33-14-4-6-22(29)11-15-33;/h7-10,12,16,22H,3-6,11,13-15,17-20,29-30H2,1-2H3,(H,31,32,38,39);1H. The number of likely N-dealkylation sites (tertiary alicyclic amines) is 1. The first kappa shape index (κ1) is 31.5. The van der Waals surface area contributed by atoms with E-state index in [1.54, 1.807) is 35.9 Å². The maximum Gasteiger partial charge on any atom is 0.354 e. The van der Waals surface area contributed by atoms with Crippen molar-refractivity contribution in [3.63, 3.8) is 0 Å². The number of anilines is 1. The van der Waals surface area contributed by atoms with Gasteiger partial charge in [-0.05, 0) is 89.3 Å².